The van der Waals surface area contributed by atoms with Crippen molar-refractivity contribution in [2.45, 2.75) is 86.0 Å². The molecule has 0 radical (unpaired) electrons. The van der Waals surface area contributed by atoms with E-state index in [1.807, 2.05) is 69.3 Å². The monoisotopic (exact) mass is 668 g/mol. The van der Waals surface area contributed by atoms with Crippen molar-refractivity contribution in [1.82, 2.24) is 0 Å². The van der Waals surface area contributed by atoms with Crippen molar-refractivity contribution in [3.8, 4) is 0 Å². The quantitative estimate of drug-likeness (QED) is 0.0863. The Labute approximate surface area is 293 Å². The van der Waals surface area contributed by atoms with E-state index in [-0.39, 0.29) is 7.43 Å². The minimum atomic E-state index is -1.44. The van der Waals surface area contributed by atoms with Crippen LogP contribution < -0.4 is 21.9 Å². The van der Waals surface area contributed by atoms with E-state index in [1.165, 1.54) is 0 Å². The zero-order valence-corrected chi connectivity index (χ0v) is 28.3. The number of aryl methyl sites for hydroxylation is 7. The third-order valence-corrected chi connectivity index (χ3v) is 8.45. The highest BCUT2D eigenvalue weighted by Gasteiger charge is 2.15. The van der Waals surface area contributed by atoms with Crippen molar-refractivity contribution in [2.24, 2.45) is 0 Å². The van der Waals surface area contributed by atoms with E-state index in [0.29, 0.717) is 21.9 Å². The fourth-order valence-electron chi connectivity index (χ4n) is 5.77. The van der Waals surface area contributed by atoms with Gasteiger partial charge in [-0.25, -0.2) is 0 Å². The van der Waals surface area contributed by atoms with Gasteiger partial charge in [0, 0.05) is 0 Å². The Hall–Kier alpha value is -3.18. The van der Waals surface area contributed by atoms with Crippen molar-refractivity contribution < 1.29 is 40.2 Å². The zero-order valence-electron chi connectivity index (χ0n) is 28.3. The summed E-state index contributed by atoms with van der Waals surface area (Å²) >= 11 is 0. The molecule has 4 aromatic carbocycles. The van der Waals surface area contributed by atoms with Crippen LogP contribution >= 0.6 is 0 Å². The topological polar surface area (TPSA) is 162 Å². The first kappa shape index (κ1) is 42.0. The van der Waals surface area contributed by atoms with Gasteiger partial charge >= 0.3 is 28.5 Å². The third-order valence-electron chi connectivity index (χ3n) is 8.45. The van der Waals surface area contributed by atoms with Crippen LogP contribution in [-0.4, -0.2) is 68.7 Å². The summed E-state index contributed by atoms with van der Waals surface area (Å²) in [6.45, 7) is 6.13. The van der Waals surface area contributed by atoms with Gasteiger partial charge in [0.1, 0.15) is 0 Å². The molecule has 0 fully saturated rings. The summed E-state index contributed by atoms with van der Waals surface area (Å²) < 4.78 is 0. The Morgan fingerprint density at radius 2 is 0.653 bits per heavy atom. The summed E-state index contributed by atoms with van der Waals surface area (Å²) in [6.07, 6.45) is 7.69. The second-order valence-corrected chi connectivity index (χ2v) is 12.3. The maximum Gasteiger partial charge on any atom is 0.488 e. The molecular formula is C37H52B4O8. The molecule has 0 saturated heterocycles. The van der Waals surface area contributed by atoms with Crippen molar-refractivity contribution in [3.05, 3.63) is 118 Å². The van der Waals surface area contributed by atoms with Crippen molar-refractivity contribution in [3.63, 3.8) is 0 Å². The van der Waals surface area contributed by atoms with Crippen LogP contribution in [0, 0.1) is 0 Å². The van der Waals surface area contributed by atoms with Crippen molar-refractivity contribution in [2.75, 3.05) is 0 Å². The second kappa shape index (κ2) is 21.1. The molecule has 8 N–H and O–H groups in total. The van der Waals surface area contributed by atoms with Crippen LogP contribution in [-0.2, 0) is 44.9 Å². The molecule has 0 heterocycles. The maximum absolute atomic E-state index is 9.42. The van der Waals surface area contributed by atoms with Gasteiger partial charge in [0.2, 0.25) is 0 Å². The highest BCUT2D eigenvalue weighted by atomic mass is 16.4. The molecule has 260 valence electrons. The van der Waals surface area contributed by atoms with Crippen LogP contribution in [0.4, 0.5) is 0 Å². The zero-order chi connectivity index (χ0) is 35.2. The van der Waals surface area contributed by atoms with Gasteiger partial charge in [-0.15, -0.1) is 0 Å². The summed E-state index contributed by atoms with van der Waals surface area (Å²) in [7, 11) is -5.77. The predicted molar refractivity (Wildman–Crippen MR) is 204 cm³/mol. The standard InChI is InChI=1S/C19H26B2O4.C17H22B2O4.CH4/c1-3-14-8-16(12-18(10-14)20(22)23)6-5-7-17-9-15(4-2)11-19(13-17)21(24)25;1-2-13-9-15(12-17(10-13)19(22)23)7-3-5-14-6-4-8-16(11-14)18(20)21;/h8-13,22-25H,3-7H2,1-2H3;4,6,8-12,20-23H,2-3,5,7H2,1H3;1H4. The van der Waals surface area contributed by atoms with Crippen LogP contribution in [0.1, 0.15) is 80.0 Å². The molecule has 0 aliphatic heterocycles. The fourth-order valence-corrected chi connectivity index (χ4v) is 5.77. The van der Waals surface area contributed by atoms with Crippen molar-refractivity contribution >= 4 is 50.3 Å². The third kappa shape index (κ3) is 13.9. The van der Waals surface area contributed by atoms with E-state index in [0.717, 1.165) is 96.7 Å². The first-order valence-electron chi connectivity index (χ1n) is 16.8. The molecule has 0 spiro atoms. The molecule has 4 rings (SSSR count). The van der Waals surface area contributed by atoms with Crippen LogP contribution in [0.3, 0.4) is 0 Å². The highest BCUT2D eigenvalue weighted by molar-refractivity contribution is 6.59. The number of rotatable bonds is 15. The van der Waals surface area contributed by atoms with E-state index < -0.39 is 28.5 Å². The number of hydrogen-bond donors (Lipinski definition) is 8. The molecule has 0 aliphatic carbocycles. The van der Waals surface area contributed by atoms with E-state index in [9.17, 15) is 40.2 Å². The lowest BCUT2D eigenvalue weighted by Gasteiger charge is -2.10. The number of benzene rings is 4. The molecule has 0 bridgehead atoms. The largest absolute Gasteiger partial charge is 0.488 e. The first-order chi connectivity index (χ1) is 22.9. The van der Waals surface area contributed by atoms with Gasteiger partial charge in [-0.1, -0.05) is 107 Å². The van der Waals surface area contributed by atoms with Crippen LogP contribution in [0.2, 0.25) is 0 Å². The van der Waals surface area contributed by atoms with Gasteiger partial charge in [0.25, 0.3) is 0 Å². The van der Waals surface area contributed by atoms with E-state index in [4.69, 9.17) is 0 Å². The van der Waals surface area contributed by atoms with Crippen LogP contribution in [0.5, 0.6) is 0 Å². The summed E-state index contributed by atoms with van der Waals surface area (Å²) in [5.41, 5.74) is 9.73. The number of hydrogen-bond acceptors (Lipinski definition) is 8. The Bertz CT molecular complexity index is 1520. The molecule has 4 aromatic rings. The highest BCUT2D eigenvalue weighted by Crippen LogP contribution is 2.13. The smallest absolute Gasteiger partial charge is 0.423 e. The lowest BCUT2D eigenvalue weighted by molar-refractivity contribution is 0.424. The Balaban J connectivity index is 0.000000334. The fraction of sp³-hybridized carbons (Fsp3) is 0.351. The SMILES string of the molecule is C.CCc1cc(CCCc2cc(CC)cc(B(O)O)c2)cc(B(O)O)c1.CCc1cc(CCCc2cccc(B(O)O)c2)cc(B(O)O)c1. The molecule has 0 aliphatic rings. The van der Waals surface area contributed by atoms with E-state index in [1.54, 1.807) is 12.1 Å². The first-order valence-corrected chi connectivity index (χ1v) is 16.8. The summed E-state index contributed by atoms with van der Waals surface area (Å²) in [5, 5.41) is 74.8. The maximum atomic E-state index is 9.42. The summed E-state index contributed by atoms with van der Waals surface area (Å²) in [5.74, 6) is 0. The Morgan fingerprint density at radius 1 is 0.367 bits per heavy atom. The van der Waals surface area contributed by atoms with E-state index in [2.05, 4.69) is 18.2 Å². The molecule has 49 heavy (non-hydrogen) atoms. The van der Waals surface area contributed by atoms with Crippen molar-refractivity contribution in [1.29, 1.82) is 0 Å². The average molecular weight is 668 g/mol. The summed E-state index contributed by atoms with van der Waals surface area (Å²) in [4.78, 5) is 0. The molecule has 0 aromatic heterocycles. The normalized spacial score (nSPS) is 10.5. The molecule has 0 atom stereocenters. The van der Waals surface area contributed by atoms with E-state index >= 15 is 0 Å². The molecule has 12 heteroatoms. The molecule has 0 amide bonds. The molecule has 0 saturated carbocycles. The van der Waals surface area contributed by atoms with Crippen LogP contribution in [0.15, 0.2) is 78.9 Å². The lowest BCUT2D eigenvalue weighted by atomic mass is 9.77. The predicted octanol–water partition coefficient (Wildman–Crippen LogP) is 0.766. The minimum Gasteiger partial charge on any atom is -0.423 e. The van der Waals surface area contributed by atoms with Gasteiger partial charge in [-0.2, -0.15) is 0 Å². The van der Waals surface area contributed by atoms with Crippen LogP contribution in [0.25, 0.3) is 0 Å². The second-order valence-electron chi connectivity index (χ2n) is 12.3. The van der Waals surface area contributed by atoms with Gasteiger partial charge in [0.15, 0.2) is 0 Å². The van der Waals surface area contributed by atoms with Gasteiger partial charge in [0.05, 0.1) is 0 Å². The lowest BCUT2D eigenvalue weighted by Crippen LogP contribution is -2.30. The molecule has 0 unspecified atom stereocenters. The molecular weight excluding hydrogens is 616 g/mol. The Morgan fingerprint density at radius 3 is 0.959 bits per heavy atom. The van der Waals surface area contributed by atoms with Gasteiger partial charge < -0.3 is 40.2 Å². The Kier molecular flexibility index (Phi) is 18.1. The van der Waals surface area contributed by atoms with Gasteiger partial charge in [-0.3, -0.25) is 0 Å². The molecule has 8 nitrogen and oxygen atoms in total. The van der Waals surface area contributed by atoms with Gasteiger partial charge in [-0.05, 0) is 119 Å². The average Bonchev–Trinajstić information content (AvgIpc) is 3.08. The summed E-state index contributed by atoms with van der Waals surface area (Å²) in [6, 6.07) is 24.6. The minimum absolute atomic E-state index is 0.